The first-order valence-electron chi connectivity index (χ1n) is 26.1. The minimum atomic E-state index is -0.785. The number of rotatable bonds is 47. The molecule has 0 aliphatic carbocycles. The van der Waals surface area contributed by atoms with Crippen molar-refractivity contribution in [2.75, 3.05) is 13.2 Å². The molecule has 61 heavy (non-hydrogen) atoms. The summed E-state index contributed by atoms with van der Waals surface area (Å²) in [5.74, 6) is -0.914. The number of hydrogen-bond acceptors (Lipinski definition) is 6. The normalized spacial score (nSPS) is 12.4. The van der Waals surface area contributed by atoms with Crippen LogP contribution in [0.1, 0.15) is 265 Å². The lowest BCUT2D eigenvalue weighted by Gasteiger charge is -2.18. The van der Waals surface area contributed by atoms with Crippen LogP contribution in [0.25, 0.3) is 0 Å². The Bertz CT molecular complexity index is 1070. The fraction of sp³-hybridized carbons (Fsp3) is 0.800. The van der Waals surface area contributed by atoms with Crippen molar-refractivity contribution in [3.63, 3.8) is 0 Å². The Morgan fingerprint density at radius 3 is 1.03 bits per heavy atom. The molecule has 354 valence electrons. The first-order valence-corrected chi connectivity index (χ1v) is 26.1. The van der Waals surface area contributed by atoms with Gasteiger partial charge in [-0.3, -0.25) is 14.4 Å². The van der Waals surface area contributed by atoms with Gasteiger partial charge in [-0.25, -0.2) is 0 Å². The van der Waals surface area contributed by atoms with Gasteiger partial charge in [-0.1, -0.05) is 217 Å². The van der Waals surface area contributed by atoms with Crippen molar-refractivity contribution in [1.82, 2.24) is 0 Å². The number of ether oxygens (including phenoxy) is 3. The third-order valence-corrected chi connectivity index (χ3v) is 11.3. The Hall–Kier alpha value is -2.63. The zero-order valence-electron chi connectivity index (χ0n) is 40.4. The molecule has 0 aromatic heterocycles. The summed E-state index contributed by atoms with van der Waals surface area (Å²) >= 11 is 0. The van der Waals surface area contributed by atoms with Crippen LogP contribution in [0, 0.1) is 0 Å². The first-order chi connectivity index (χ1) is 30.0. The molecule has 1 unspecified atom stereocenters. The van der Waals surface area contributed by atoms with Crippen molar-refractivity contribution >= 4 is 17.9 Å². The molecular formula is C55H98O6. The van der Waals surface area contributed by atoms with Crippen LogP contribution >= 0.6 is 0 Å². The summed E-state index contributed by atoms with van der Waals surface area (Å²) in [5, 5.41) is 0. The number of esters is 3. The van der Waals surface area contributed by atoms with E-state index in [1.165, 1.54) is 135 Å². The van der Waals surface area contributed by atoms with E-state index in [-0.39, 0.29) is 31.1 Å². The maximum absolute atomic E-state index is 12.8. The second kappa shape index (κ2) is 50.0. The van der Waals surface area contributed by atoms with E-state index in [9.17, 15) is 14.4 Å². The smallest absolute Gasteiger partial charge is 0.306 e. The zero-order chi connectivity index (χ0) is 44.4. The van der Waals surface area contributed by atoms with Gasteiger partial charge in [0.2, 0.25) is 0 Å². The van der Waals surface area contributed by atoms with Crippen molar-refractivity contribution < 1.29 is 28.6 Å². The van der Waals surface area contributed by atoms with Crippen molar-refractivity contribution in [3.8, 4) is 0 Å². The molecule has 0 heterocycles. The van der Waals surface area contributed by atoms with Crippen LogP contribution in [0.15, 0.2) is 48.6 Å². The van der Waals surface area contributed by atoms with Gasteiger partial charge < -0.3 is 14.2 Å². The van der Waals surface area contributed by atoms with Gasteiger partial charge in [0, 0.05) is 19.3 Å². The Labute approximate surface area is 378 Å². The molecule has 0 amide bonds. The van der Waals surface area contributed by atoms with E-state index in [1.54, 1.807) is 0 Å². The molecule has 0 bridgehead atoms. The lowest BCUT2D eigenvalue weighted by Crippen LogP contribution is -2.30. The van der Waals surface area contributed by atoms with Gasteiger partial charge in [0.15, 0.2) is 6.10 Å². The third kappa shape index (κ3) is 48.3. The molecule has 0 aromatic carbocycles. The summed E-state index contributed by atoms with van der Waals surface area (Å²) < 4.78 is 16.8. The molecule has 0 radical (unpaired) electrons. The van der Waals surface area contributed by atoms with Crippen LogP contribution in [0.4, 0.5) is 0 Å². The molecule has 0 spiro atoms. The molecule has 0 fully saturated rings. The summed E-state index contributed by atoms with van der Waals surface area (Å²) in [7, 11) is 0. The molecule has 6 nitrogen and oxygen atoms in total. The van der Waals surface area contributed by atoms with Crippen molar-refractivity contribution in [1.29, 1.82) is 0 Å². The molecule has 0 N–H and O–H groups in total. The SMILES string of the molecule is CC/C=C\C/C=C\C/C=C\CCCCCC(=O)OCC(COC(=O)CCCCCCC/C=C\CCCCCCCC)OC(=O)CCCCCCCCCCCCCCCCC. The fourth-order valence-corrected chi connectivity index (χ4v) is 7.39. The Balaban J connectivity index is 4.40. The van der Waals surface area contributed by atoms with Crippen LogP contribution in [-0.2, 0) is 28.6 Å². The predicted molar refractivity (Wildman–Crippen MR) is 261 cm³/mol. The number of carbonyl (C=O) groups excluding carboxylic acids is 3. The van der Waals surface area contributed by atoms with Gasteiger partial charge in [0.1, 0.15) is 13.2 Å². The highest BCUT2D eigenvalue weighted by molar-refractivity contribution is 5.71. The summed E-state index contributed by atoms with van der Waals surface area (Å²) in [4.78, 5) is 38.0. The summed E-state index contributed by atoms with van der Waals surface area (Å²) in [5.41, 5.74) is 0. The van der Waals surface area contributed by atoms with Gasteiger partial charge in [-0.15, -0.1) is 0 Å². The molecule has 0 aromatic rings. The maximum Gasteiger partial charge on any atom is 0.306 e. The van der Waals surface area contributed by atoms with Gasteiger partial charge in [0.05, 0.1) is 0 Å². The molecule has 0 saturated carbocycles. The van der Waals surface area contributed by atoms with E-state index in [0.29, 0.717) is 19.3 Å². The second-order valence-corrected chi connectivity index (χ2v) is 17.4. The number of allylic oxidation sites excluding steroid dienone is 8. The quantitative estimate of drug-likeness (QED) is 0.0263. The standard InChI is InChI=1S/C55H98O6/c1-4-7-10-13-16-19-22-25-27-30-33-36-39-42-45-48-54(57)60-51-52(50-59-53(56)47-44-41-38-35-32-29-24-21-18-15-12-9-6-3)61-55(58)49-46-43-40-37-34-31-28-26-23-20-17-14-11-8-5-2/h9,12,18,21,25,27,29,32,52H,4-8,10-11,13-17,19-20,22-24,26,28,30-31,33-51H2,1-3H3/b12-9-,21-18-,27-25-,32-29-. The van der Waals surface area contributed by atoms with Gasteiger partial charge in [0.25, 0.3) is 0 Å². The molecular weight excluding hydrogens is 757 g/mol. The van der Waals surface area contributed by atoms with Gasteiger partial charge >= 0.3 is 17.9 Å². The Kier molecular flexibility index (Phi) is 47.9. The van der Waals surface area contributed by atoms with E-state index in [1.807, 2.05) is 0 Å². The van der Waals surface area contributed by atoms with E-state index < -0.39 is 6.10 Å². The largest absolute Gasteiger partial charge is 0.462 e. The van der Waals surface area contributed by atoms with Crippen LogP contribution < -0.4 is 0 Å². The van der Waals surface area contributed by atoms with Crippen LogP contribution in [0.3, 0.4) is 0 Å². The monoisotopic (exact) mass is 855 g/mol. The van der Waals surface area contributed by atoms with E-state index in [4.69, 9.17) is 14.2 Å². The van der Waals surface area contributed by atoms with Crippen LogP contribution in [-0.4, -0.2) is 37.2 Å². The van der Waals surface area contributed by atoms with Crippen molar-refractivity contribution in [2.45, 2.75) is 271 Å². The Morgan fingerprint density at radius 2 is 0.639 bits per heavy atom. The number of hydrogen-bond donors (Lipinski definition) is 0. The third-order valence-electron chi connectivity index (χ3n) is 11.3. The predicted octanol–water partition coefficient (Wildman–Crippen LogP) is 17.1. The first kappa shape index (κ1) is 58.4. The highest BCUT2D eigenvalue weighted by Gasteiger charge is 2.19. The second-order valence-electron chi connectivity index (χ2n) is 17.4. The molecule has 0 aliphatic heterocycles. The van der Waals surface area contributed by atoms with E-state index in [0.717, 1.165) is 89.9 Å². The highest BCUT2D eigenvalue weighted by Crippen LogP contribution is 2.15. The maximum atomic E-state index is 12.8. The molecule has 0 saturated heterocycles. The van der Waals surface area contributed by atoms with E-state index in [2.05, 4.69) is 69.4 Å². The van der Waals surface area contributed by atoms with Gasteiger partial charge in [-0.05, 0) is 77.0 Å². The number of unbranched alkanes of at least 4 members (excludes halogenated alkanes) is 28. The minimum absolute atomic E-state index is 0.0846. The Morgan fingerprint density at radius 1 is 0.344 bits per heavy atom. The lowest BCUT2D eigenvalue weighted by atomic mass is 10.0. The summed E-state index contributed by atoms with van der Waals surface area (Å²) in [6.45, 7) is 6.50. The van der Waals surface area contributed by atoms with E-state index >= 15 is 0 Å². The molecule has 6 heteroatoms. The summed E-state index contributed by atoms with van der Waals surface area (Å²) in [6, 6.07) is 0. The van der Waals surface area contributed by atoms with Gasteiger partial charge in [-0.2, -0.15) is 0 Å². The average molecular weight is 855 g/mol. The zero-order valence-corrected chi connectivity index (χ0v) is 40.4. The molecule has 0 rings (SSSR count). The van der Waals surface area contributed by atoms with Crippen LogP contribution in [0.5, 0.6) is 0 Å². The van der Waals surface area contributed by atoms with Crippen molar-refractivity contribution in [2.24, 2.45) is 0 Å². The van der Waals surface area contributed by atoms with Crippen molar-refractivity contribution in [3.05, 3.63) is 48.6 Å². The van der Waals surface area contributed by atoms with Crippen LogP contribution in [0.2, 0.25) is 0 Å². The lowest BCUT2D eigenvalue weighted by molar-refractivity contribution is -0.167. The topological polar surface area (TPSA) is 78.9 Å². The number of carbonyl (C=O) groups is 3. The minimum Gasteiger partial charge on any atom is -0.462 e. The average Bonchev–Trinajstić information content (AvgIpc) is 3.26. The summed E-state index contributed by atoms with van der Waals surface area (Å²) in [6.07, 6.45) is 59.5. The molecule has 0 aliphatic rings. The molecule has 1 atom stereocenters. The highest BCUT2D eigenvalue weighted by atomic mass is 16.6. The fourth-order valence-electron chi connectivity index (χ4n) is 7.39.